The number of ether oxygens (including phenoxy) is 1. The van der Waals surface area contributed by atoms with Gasteiger partial charge in [-0.3, -0.25) is 20.2 Å². The highest BCUT2D eigenvalue weighted by Crippen LogP contribution is 2.24. The molecule has 0 spiro atoms. The third-order valence-corrected chi connectivity index (χ3v) is 3.37. The van der Waals surface area contributed by atoms with Crippen LogP contribution in [0.1, 0.15) is 15.9 Å². The molecule has 0 aliphatic carbocycles. The highest BCUT2D eigenvalue weighted by Gasteiger charge is 2.15. The zero-order valence-electron chi connectivity index (χ0n) is 11.4. The summed E-state index contributed by atoms with van der Waals surface area (Å²) in [5.74, 6) is -1.24. The molecule has 114 valence electrons. The fourth-order valence-corrected chi connectivity index (χ4v) is 2.20. The minimum Gasteiger partial charge on any atom is -0.452 e. The van der Waals surface area contributed by atoms with Gasteiger partial charge in [-0.25, -0.2) is 9.78 Å². The molecule has 1 heterocycles. The van der Waals surface area contributed by atoms with Crippen LogP contribution in [0, 0.1) is 17.0 Å². The first kappa shape index (κ1) is 15.6. The summed E-state index contributed by atoms with van der Waals surface area (Å²) in [5, 5.41) is 12.7. The van der Waals surface area contributed by atoms with Crippen LogP contribution in [0.15, 0.2) is 30.5 Å². The Morgan fingerprint density at radius 2 is 2.23 bits per heavy atom. The highest BCUT2D eigenvalue weighted by atomic mass is 32.1. The molecule has 0 radical (unpaired) electrons. The maximum Gasteiger partial charge on any atom is 0.345 e. The normalized spacial score (nSPS) is 10.0. The van der Waals surface area contributed by atoms with Gasteiger partial charge < -0.3 is 4.74 Å². The quantitative estimate of drug-likeness (QED) is 0.513. The SMILES string of the molecule is Cc1cccc(C(=O)OCC(=O)Nc2ncc([N+](=O)[O-])s2)c1. The Morgan fingerprint density at radius 1 is 1.45 bits per heavy atom. The van der Waals surface area contributed by atoms with Crippen molar-refractivity contribution >= 4 is 33.3 Å². The summed E-state index contributed by atoms with van der Waals surface area (Å²) in [6, 6.07) is 6.77. The molecular weight excluding hydrogens is 310 g/mol. The lowest BCUT2D eigenvalue weighted by atomic mass is 10.1. The van der Waals surface area contributed by atoms with Crippen molar-refractivity contribution in [1.29, 1.82) is 0 Å². The number of carbonyl (C=O) groups excluding carboxylic acids is 2. The fourth-order valence-electron chi connectivity index (χ4n) is 1.55. The molecule has 2 aromatic rings. The second kappa shape index (κ2) is 6.76. The molecular formula is C13H11N3O5S. The number of aromatic nitrogens is 1. The maximum atomic E-state index is 11.7. The van der Waals surface area contributed by atoms with Gasteiger partial charge in [0, 0.05) is 0 Å². The molecule has 1 aromatic heterocycles. The Balaban J connectivity index is 1.87. The summed E-state index contributed by atoms with van der Waals surface area (Å²) in [6.45, 7) is 1.33. The first-order chi connectivity index (χ1) is 10.5. The number of thiazole rings is 1. The van der Waals surface area contributed by atoms with Crippen LogP contribution in [0.4, 0.5) is 10.1 Å². The summed E-state index contributed by atoms with van der Waals surface area (Å²) >= 11 is 0.719. The third kappa shape index (κ3) is 4.09. The second-order valence-corrected chi connectivity index (χ2v) is 5.26. The number of carbonyl (C=O) groups is 2. The zero-order valence-corrected chi connectivity index (χ0v) is 12.3. The van der Waals surface area contributed by atoms with Crippen LogP contribution < -0.4 is 5.32 Å². The predicted octanol–water partition coefficient (Wildman–Crippen LogP) is 2.16. The smallest absolute Gasteiger partial charge is 0.345 e. The van der Waals surface area contributed by atoms with Crippen LogP contribution in [-0.2, 0) is 9.53 Å². The van der Waals surface area contributed by atoms with Crippen molar-refractivity contribution in [2.75, 3.05) is 11.9 Å². The van der Waals surface area contributed by atoms with E-state index in [2.05, 4.69) is 10.3 Å². The molecule has 0 atom stereocenters. The number of hydrogen-bond donors (Lipinski definition) is 1. The number of rotatable bonds is 5. The average Bonchev–Trinajstić information content (AvgIpc) is 2.93. The molecule has 0 saturated carbocycles. The summed E-state index contributed by atoms with van der Waals surface area (Å²) < 4.78 is 4.86. The molecule has 2 rings (SSSR count). The van der Waals surface area contributed by atoms with Gasteiger partial charge in [0.1, 0.15) is 6.20 Å². The van der Waals surface area contributed by atoms with Gasteiger partial charge in [0.2, 0.25) is 0 Å². The van der Waals surface area contributed by atoms with Crippen molar-refractivity contribution in [3.8, 4) is 0 Å². The summed E-state index contributed by atoms with van der Waals surface area (Å²) in [4.78, 5) is 36.9. The Morgan fingerprint density at radius 3 is 2.86 bits per heavy atom. The van der Waals surface area contributed by atoms with E-state index in [1.54, 1.807) is 18.2 Å². The first-order valence-electron chi connectivity index (χ1n) is 6.09. The van der Waals surface area contributed by atoms with Gasteiger partial charge in [0.05, 0.1) is 10.5 Å². The van der Waals surface area contributed by atoms with Gasteiger partial charge in [-0.2, -0.15) is 0 Å². The largest absolute Gasteiger partial charge is 0.452 e. The van der Waals surface area contributed by atoms with Crippen molar-refractivity contribution in [3.63, 3.8) is 0 Å². The van der Waals surface area contributed by atoms with Gasteiger partial charge in [-0.05, 0) is 30.4 Å². The Hall–Kier alpha value is -2.81. The number of nitro groups is 1. The minimum atomic E-state index is -0.621. The number of amides is 1. The van der Waals surface area contributed by atoms with Crippen LogP contribution in [0.5, 0.6) is 0 Å². The number of hydrogen-bond acceptors (Lipinski definition) is 7. The van der Waals surface area contributed by atoms with Crippen molar-refractivity contribution in [2.24, 2.45) is 0 Å². The van der Waals surface area contributed by atoms with E-state index in [4.69, 9.17) is 4.74 Å². The lowest BCUT2D eigenvalue weighted by Gasteiger charge is -2.05. The number of anilines is 1. The van der Waals surface area contributed by atoms with Crippen molar-refractivity contribution in [1.82, 2.24) is 4.98 Å². The first-order valence-corrected chi connectivity index (χ1v) is 6.91. The van der Waals surface area contributed by atoms with Crippen molar-refractivity contribution in [3.05, 3.63) is 51.7 Å². The molecule has 0 bridgehead atoms. The lowest BCUT2D eigenvalue weighted by molar-refractivity contribution is -0.380. The summed E-state index contributed by atoms with van der Waals surface area (Å²) in [7, 11) is 0. The molecule has 1 N–H and O–H groups in total. The Labute approximate surface area is 128 Å². The number of nitrogens with one attached hydrogen (secondary N) is 1. The average molecular weight is 321 g/mol. The molecule has 0 aliphatic rings. The van der Waals surface area contributed by atoms with E-state index in [1.807, 2.05) is 13.0 Å². The van der Waals surface area contributed by atoms with E-state index in [-0.39, 0.29) is 10.1 Å². The van der Waals surface area contributed by atoms with E-state index in [1.165, 1.54) is 0 Å². The van der Waals surface area contributed by atoms with Crippen LogP contribution in [0.2, 0.25) is 0 Å². The third-order valence-electron chi connectivity index (χ3n) is 2.51. The van der Waals surface area contributed by atoms with Gasteiger partial charge >= 0.3 is 11.0 Å². The molecule has 1 amide bonds. The van der Waals surface area contributed by atoms with Gasteiger partial charge in [-0.15, -0.1) is 0 Å². The molecule has 0 aliphatic heterocycles. The van der Waals surface area contributed by atoms with Crippen LogP contribution in [-0.4, -0.2) is 28.4 Å². The lowest BCUT2D eigenvalue weighted by Crippen LogP contribution is -2.20. The Bertz CT molecular complexity index is 728. The standard InChI is InChI=1S/C13H11N3O5S/c1-8-3-2-4-9(5-8)12(18)21-7-10(17)15-13-14-6-11(22-13)16(19)20/h2-6H,7H2,1H3,(H,14,15,17). The van der Waals surface area contributed by atoms with Crippen LogP contribution >= 0.6 is 11.3 Å². The number of nitrogens with zero attached hydrogens (tertiary/aromatic N) is 2. The molecule has 0 unspecified atom stereocenters. The van der Waals surface area contributed by atoms with Crippen LogP contribution in [0.25, 0.3) is 0 Å². The van der Waals surface area contributed by atoms with E-state index in [0.717, 1.165) is 23.1 Å². The molecule has 8 nitrogen and oxygen atoms in total. The van der Waals surface area contributed by atoms with E-state index >= 15 is 0 Å². The molecule has 0 fully saturated rings. The minimum absolute atomic E-state index is 0.0725. The maximum absolute atomic E-state index is 11.7. The number of aryl methyl sites for hydroxylation is 1. The van der Waals surface area contributed by atoms with Gasteiger partial charge in [0.25, 0.3) is 5.91 Å². The molecule has 9 heteroatoms. The van der Waals surface area contributed by atoms with E-state index < -0.39 is 23.4 Å². The monoisotopic (exact) mass is 321 g/mol. The predicted molar refractivity (Wildman–Crippen MR) is 78.9 cm³/mol. The zero-order chi connectivity index (χ0) is 16.1. The number of benzene rings is 1. The number of esters is 1. The molecule has 1 aromatic carbocycles. The molecule has 0 saturated heterocycles. The van der Waals surface area contributed by atoms with E-state index in [0.29, 0.717) is 5.56 Å². The second-order valence-electron chi connectivity index (χ2n) is 4.25. The summed E-state index contributed by atoms with van der Waals surface area (Å²) in [5.41, 5.74) is 1.24. The van der Waals surface area contributed by atoms with Gasteiger partial charge in [-0.1, -0.05) is 17.7 Å². The van der Waals surface area contributed by atoms with Crippen molar-refractivity contribution in [2.45, 2.75) is 6.92 Å². The van der Waals surface area contributed by atoms with Crippen LogP contribution in [0.3, 0.4) is 0 Å². The fraction of sp³-hybridized carbons (Fsp3) is 0.154. The highest BCUT2D eigenvalue weighted by molar-refractivity contribution is 7.18. The van der Waals surface area contributed by atoms with E-state index in [9.17, 15) is 19.7 Å². The molecule has 22 heavy (non-hydrogen) atoms. The van der Waals surface area contributed by atoms with Gasteiger partial charge in [0.15, 0.2) is 11.7 Å². The summed E-state index contributed by atoms with van der Waals surface area (Å²) in [6.07, 6.45) is 1.04. The Kier molecular flexibility index (Phi) is 4.79. The van der Waals surface area contributed by atoms with Crippen molar-refractivity contribution < 1.29 is 19.2 Å². The topological polar surface area (TPSA) is 111 Å².